The number of aromatic nitrogens is 1. The number of nitrogens with one attached hydrogen (secondary N) is 2. The van der Waals surface area contributed by atoms with E-state index in [1.807, 2.05) is 6.92 Å². The van der Waals surface area contributed by atoms with Gasteiger partial charge < -0.3 is 10.3 Å². The minimum Gasteiger partial charge on any atom is -0.358 e. The Morgan fingerprint density at radius 1 is 1.20 bits per heavy atom. The Labute approximate surface area is 144 Å². The van der Waals surface area contributed by atoms with Crippen LogP contribution in [0.2, 0.25) is 0 Å². The molecule has 3 aromatic rings. The second kappa shape index (κ2) is 6.33. The van der Waals surface area contributed by atoms with Gasteiger partial charge in [0.2, 0.25) is 5.91 Å². The van der Waals surface area contributed by atoms with Crippen LogP contribution < -0.4 is 5.32 Å². The summed E-state index contributed by atoms with van der Waals surface area (Å²) in [6.07, 6.45) is 1.16. The van der Waals surface area contributed by atoms with Crippen molar-refractivity contribution in [2.24, 2.45) is 0 Å². The van der Waals surface area contributed by atoms with Crippen molar-refractivity contribution in [3.8, 4) is 0 Å². The number of amides is 1. The van der Waals surface area contributed by atoms with Gasteiger partial charge in [0.1, 0.15) is 5.82 Å². The molecule has 5 nitrogen and oxygen atoms in total. The highest BCUT2D eigenvalue weighted by Gasteiger charge is 2.14. The van der Waals surface area contributed by atoms with Crippen LogP contribution in [-0.4, -0.2) is 25.6 Å². The van der Waals surface area contributed by atoms with Crippen LogP contribution in [0.4, 0.5) is 10.1 Å². The van der Waals surface area contributed by atoms with Gasteiger partial charge >= 0.3 is 0 Å². The standard InChI is InChI=1S/C18H17FN2O3S/c1-11-15(16-8-12(19)6-7-17(16)20-11)10-18(22)21-13-4-3-5-14(9-13)25(2,23)24/h3-9,20H,10H2,1-2H3,(H,21,22). The Bertz CT molecular complexity index is 1070. The molecule has 2 N–H and O–H groups in total. The van der Waals surface area contributed by atoms with Gasteiger partial charge in [-0.15, -0.1) is 0 Å². The number of aromatic amines is 1. The molecule has 3 rings (SSSR count). The van der Waals surface area contributed by atoms with Gasteiger partial charge in [0.15, 0.2) is 9.84 Å². The molecule has 0 aliphatic rings. The van der Waals surface area contributed by atoms with Crippen molar-refractivity contribution in [2.75, 3.05) is 11.6 Å². The second-order valence-corrected chi connectivity index (χ2v) is 7.96. The fourth-order valence-electron chi connectivity index (χ4n) is 2.75. The Kier molecular flexibility index (Phi) is 4.34. The summed E-state index contributed by atoms with van der Waals surface area (Å²) >= 11 is 0. The molecular weight excluding hydrogens is 343 g/mol. The van der Waals surface area contributed by atoms with Crippen molar-refractivity contribution in [1.82, 2.24) is 4.98 Å². The van der Waals surface area contributed by atoms with Gasteiger partial charge in [0.05, 0.1) is 11.3 Å². The predicted molar refractivity (Wildman–Crippen MR) is 94.9 cm³/mol. The van der Waals surface area contributed by atoms with E-state index in [2.05, 4.69) is 10.3 Å². The molecule has 130 valence electrons. The van der Waals surface area contributed by atoms with E-state index in [9.17, 15) is 17.6 Å². The topological polar surface area (TPSA) is 79.0 Å². The third-order valence-corrected chi connectivity index (χ3v) is 5.08. The number of halogens is 1. The molecule has 7 heteroatoms. The molecule has 1 aromatic heterocycles. The Morgan fingerprint density at radius 3 is 2.68 bits per heavy atom. The van der Waals surface area contributed by atoms with Crippen LogP contribution in [0.1, 0.15) is 11.3 Å². The van der Waals surface area contributed by atoms with Crippen molar-refractivity contribution in [3.05, 3.63) is 59.5 Å². The monoisotopic (exact) mass is 360 g/mol. The fourth-order valence-corrected chi connectivity index (χ4v) is 3.42. The van der Waals surface area contributed by atoms with Crippen molar-refractivity contribution < 1.29 is 17.6 Å². The smallest absolute Gasteiger partial charge is 0.228 e. The molecule has 0 spiro atoms. The SMILES string of the molecule is Cc1[nH]c2ccc(F)cc2c1CC(=O)Nc1cccc(S(C)(=O)=O)c1. The first-order valence-electron chi connectivity index (χ1n) is 7.61. The number of carbonyl (C=O) groups is 1. The van der Waals surface area contributed by atoms with Crippen LogP contribution >= 0.6 is 0 Å². The van der Waals surface area contributed by atoms with E-state index >= 15 is 0 Å². The first-order valence-corrected chi connectivity index (χ1v) is 9.50. The summed E-state index contributed by atoms with van der Waals surface area (Å²) in [6.45, 7) is 1.82. The maximum absolute atomic E-state index is 13.5. The zero-order chi connectivity index (χ0) is 18.2. The van der Waals surface area contributed by atoms with Crippen LogP contribution in [-0.2, 0) is 21.1 Å². The summed E-state index contributed by atoms with van der Waals surface area (Å²) in [6, 6.07) is 10.5. The summed E-state index contributed by atoms with van der Waals surface area (Å²) in [5.74, 6) is -0.673. The van der Waals surface area contributed by atoms with Gasteiger partial charge in [-0.3, -0.25) is 4.79 Å². The number of H-pyrrole nitrogens is 1. The van der Waals surface area contributed by atoms with Gasteiger partial charge in [-0.2, -0.15) is 0 Å². The molecule has 0 radical (unpaired) electrons. The quantitative estimate of drug-likeness (QED) is 0.750. The lowest BCUT2D eigenvalue weighted by Gasteiger charge is -2.07. The number of sulfone groups is 1. The number of carbonyl (C=O) groups excluding carboxylic acids is 1. The average molecular weight is 360 g/mol. The van der Waals surface area contributed by atoms with E-state index in [0.29, 0.717) is 16.6 Å². The fraction of sp³-hybridized carbons (Fsp3) is 0.167. The number of aryl methyl sites for hydroxylation is 1. The van der Waals surface area contributed by atoms with Crippen LogP contribution in [0.5, 0.6) is 0 Å². The number of hydrogen-bond donors (Lipinski definition) is 2. The van der Waals surface area contributed by atoms with Gasteiger partial charge in [0, 0.05) is 28.5 Å². The van der Waals surface area contributed by atoms with Gasteiger partial charge in [0.25, 0.3) is 0 Å². The van der Waals surface area contributed by atoms with Crippen molar-refractivity contribution in [3.63, 3.8) is 0 Å². The molecule has 25 heavy (non-hydrogen) atoms. The number of benzene rings is 2. The summed E-state index contributed by atoms with van der Waals surface area (Å²) in [7, 11) is -3.35. The minimum atomic E-state index is -3.35. The van der Waals surface area contributed by atoms with E-state index in [0.717, 1.165) is 17.5 Å². The molecule has 0 saturated carbocycles. The highest BCUT2D eigenvalue weighted by Crippen LogP contribution is 2.24. The van der Waals surface area contributed by atoms with E-state index in [1.165, 1.54) is 24.3 Å². The first kappa shape index (κ1) is 17.2. The Balaban J connectivity index is 1.84. The second-order valence-electron chi connectivity index (χ2n) is 5.94. The number of hydrogen-bond acceptors (Lipinski definition) is 3. The molecule has 1 amide bonds. The first-order chi connectivity index (χ1) is 11.7. The third kappa shape index (κ3) is 3.71. The van der Waals surface area contributed by atoms with Gasteiger partial charge in [-0.05, 0) is 48.9 Å². The van der Waals surface area contributed by atoms with E-state index < -0.39 is 9.84 Å². The zero-order valence-electron chi connectivity index (χ0n) is 13.8. The summed E-state index contributed by atoms with van der Waals surface area (Å²) < 4.78 is 36.7. The number of rotatable bonds is 4. The van der Waals surface area contributed by atoms with E-state index in [4.69, 9.17) is 0 Å². The normalized spacial score (nSPS) is 11.6. The van der Waals surface area contributed by atoms with Crippen molar-refractivity contribution in [1.29, 1.82) is 0 Å². The maximum atomic E-state index is 13.5. The van der Waals surface area contributed by atoms with Crippen LogP contribution in [0.15, 0.2) is 47.4 Å². The van der Waals surface area contributed by atoms with Gasteiger partial charge in [-0.25, -0.2) is 12.8 Å². The van der Waals surface area contributed by atoms with Crippen molar-refractivity contribution in [2.45, 2.75) is 18.2 Å². The van der Waals surface area contributed by atoms with E-state index in [-0.39, 0.29) is 23.0 Å². The molecule has 0 aliphatic heterocycles. The minimum absolute atomic E-state index is 0.0540. The lowest BCUT2D eigenvalue weighted by atomic mass is 10.1. The molecule has 0 fully saturated rings. The Morgan fingerprint density at radius 2 is 1.96 bits per heavy atom. The molecule has 0 unspecified atom stereocenters. The summed E-state index contributed by atoms with van der Waals surface area (Å²) in [5, 5.41) is 3.35. The largest absolute Gasteiger partial charge is 0.358 e. The van der Waals surface area contributed by atoms with Crippen LogP contribution in [0.3, 0.4) is 0 Å². The Hall–Kier alpha value is -2.67. The average Bonchev–Trinajstić information content (AvgIpc) is 2.82. The molecular formula is C18H17FN2O3S. The maximum Gasteiger partial charge on any atom is 0.228 e. The highest BCUT2D eigenvalue weighted by molar-refractivity contribution is 7.90. The summed E-state index contributed by atoms with van der Waals surface area (Å²) in [5.41, 5.74) is 2.67. The van der Waals surface area contributed by atoms with Crippen molar-refractivity contribution >= 4 is 32.3 Å². The van der Waals surface area contributed by atoms with Crippen LogP contribution in [0, 0.1) is 12.7 Å². The zero-order valence-corrected chi connectivity index (χ0v) is 14.6. The molecule has 0 saturated heterocycles. The number of fused-ring (bicyclic) bond motifs is 1. The molecule has 2 aromatic carbocycles. The summed E-state index contributed by atoms with van der Waals surface area (Å²) in [4.78, 5) is 15.6. The molecule has 0 bridgehead atoms. The lowest BCUT2D eigenvalue weighted by Crippen LogP contribution is -2.15. The lowest BCUT2D eigenvalue weighted by molar-refractivity contribution is -0.115. The van der Waals surface area contributed by atoms with Crippen LogP contribution in [0.25, 0.3) is 10.9 Å². The van der Waals surface area contributed by atoms with Gasteiger partial charge in [-0.1, -0.05) is 6.07 Å². The van der Waals surface area contributed by atoms with E-state index in [1.54, 1.807) is 18.2 Å². The molecule has 0 aliphatic carbocycles. The highest BCUT2D eigenvalue weighted by atomic mass is 32.2. The molecule has 1 heterocycles. The number of anilines is 1. The molecule has 0 atom stereocenters. The third-order valence-electron chi connectivity index (χ3n) is 3.96. The predicted octanol–water partition coefficient (Wildman–Crippen LogP) is 3.20.